The summed E-state index contributed by atoms with van der Waals surface area (Å²) in [4.78, 5) is 24.1. The molecule has 0 unspecified atom stereocenters. The van der Waals surface area contributed by atoms with Gasteiger partial charge < -0.3 is 9.15 Å². The molecule has 0 atom stereocenters. The molecular weight excluding hydrogens is 449 g/mol. The number of ether oxygens (including phenoxy) is 1. The number of nitrogens with one attached hydrogen (secondary N) is 3. The minimum atomic E-state index is -0.586. The van der Waals surface area contributed by atoms with Gasteiger partial charge in [0.25, 0.3) is 11.8 Å². The first-order valence-electron chi connectivity index (χ1n) is 8.55. The minimum absolute atomic E-state index is 0.0338. The number of hydrogen-bond donors (Lipinski definition) is 3. The van der Waals surface area contributed by atoms with Crippen LogP contribution in [0, 0.1) is 0 Å². The molecule has 2 amide bonds. The Morgan fingerprint density at radius 3 is 2.43 bits per heavy atom. The molecule has 3 aromatic rings. The van der Waals surface area contributed by atoms with Gasteiger partial charge in [0.2, 0.25) is 0 Å². The quantitative estimate of drug-likeness (QED) is 0.391. The van der Waals surface area contributed by atoms with Crippen molar-refractivity contribution in [1.82, 2.24) is 16.2 Å². The van der Waals surface area contributed by atoms with Gasteiger partial charge in [-0.2, -0.15) is 0 Å². The van der Waals surface area contributed by atoms with Crippen molar-refractivity contribution in [3.63, 3.8) is 0 Å². The van der Waals surface area contributed by atoms with Crippen molar-refractivity contribution in [3.8, 4) is 17.1 Å². The maximum absolute atomic E-state index is 12.3. The Kier molecular flexibility index (Phi) is 7.29. The molecule has 3 N–H and O–H groups in total. The van der Waals surface area contributed by atoms with Gasteiger partial charge in [-0.05, 0) is 60.7 Å². The van der Waals surface area contributed by atoms with E-state index in [1.54, 1.807) is 48.5 Å². The summed E-state index contributed by atoms with van der Waals surface area (Å²) in [6, 6.07) is 16.8. The number of thiocarbonyl (C=S) groups is 1. The Hall–Kier alpha value is -3.07. The van der Waals surface area contributed by atoms with Gasteiger partial charge in [0, 0.05) is 10.6 Å². The standard InChI is InChI=1S/C20H15Cl2N3O4S/c21-12-5-7-13(8-6-12)28-11-18(26)24-25-20(30)23-19(27)17-10-9-16(29-17)14-3-1-2-4-15(14)22/h1-10H,11H2,(H,24,26)(H2,23,25,27,30). The molecule has 0 saturated heterocycles. The molecule has 0 fully saturated rings. The molecule has 0 aliphatic carbocycles. The topological polar surface area (TPSA) is 92.6 Å². The second-order valence-corrected chi connectivity index (χ2v) is 7.09. The molecular formula is C20H15Cl2N3O4S. The van der Waals surface area contributed by atoms with E-state index in [2.05, 4.69) is 16.2 Å². The fraction of sp³-hybridized carbons (Fsp3) is 0.0500. The smallest absolute Gasteiger partial charge is 0.293 e. The van der Waals surface area contributed by atoms with Crippen LogP contribution in [0.4, 0.5) is 0 Å². The Balaban J connectivity index is 1.45. The van der Waals surface area contributed by atoms with E-state index in [4.69, 9.17) is 44.6 Å². The lowest BCUT2D eigenvalue weighted by Gasteiger charge is -2.11. The normalized spacial score (nSPS) is 10.2. The van der Waals surface area contributed by atoms with E-state index in [9.17, 15) is 9.59 Å². The highest BCUT2D eigenvalue weighted by Gasteiger charge is 2.15. The summed E-state index contributed by atoms with van der Waals surface area (Å²) in [5.41, 5.74) is 5.39. The Morgan fingerprint density at radius 2 is 1.70 bits per heavy atom. The molecule has 0 spiro atoms. The van der Waals surface area contributed by atoms with E-state index in [0.29, 0.717) is 27.1 Å². The van der Waals surface area contributed by atoms with Crippen molar-refractivity contribution in [2.24, 2.45) is 0 Å². The van der Waals surface area contributed by atoms with Crippen molar-refractivity contribution >= 4 is 52.3 Å². The number of amides is 2. The highest BCUT2D eigenvalue weighted by atomic mass is 35.5. The first-order chi connectivity index (χ1) is 14.4. The van der Waals surface area contributed by atoms with E-state index in [-0.39, 0.29) is 17.5 Å². The molecule has 0 aliphatic rings. The fourth-order valence-corrected chi connectivity index (χ4v) is 2.80. The van der Waals surface area contributed by atoms with Crippen LogP contribution in [0.2, 0.25) is 10.0 Å². The summed E-state index contributed by atoms with van der Waals surface area (Å²) in [6.45, 7) is -0.259. The summed E-state index contributed by atoms with van der Waals surface area (Å²) < 4.78 is 10.8. The largest absolute Gasteiger partial charge is 0.484 e. The predicted molar refractivity (Wildman–Crippen MR) is 117 cm³/mol. The van der Waals surface area contributed by atoms with Crippen LogP contribution in [-0.4, -0.2) is 23.5 Å². The number of rotatable bonds is 5. The van der Waals surface area contributed by atoms with Crippen molar-refractivity contribution in [2.45, 2.75) is 0 Å². The lowest BCUT2D eigenvalue weighted by atomic mass is 10.2. The number of carbonyl (C=O) groups is 2. The van der Waals surface area contributed by atoms with Crippen LogP contribution in [0.5, 0.6) is 5.75 Å². The van der Waals surface area contributed by atoms with Crippen LogP contribution in [0.15, 0.2) is 65.1 Å². The molecule has 0 bridgehead atoms. The SMILES string of the molecule is O=C(COc1ccc(Cl)cc1)NNC(=S)NC(=O)c1ccc(-c2ccccc2Cl)o1. The van der Waals surface area contributed by atoms with Crippen LogP contribution < -0.4 is 20.9 Å². The first kappa shape index (κ1) is 21.6. The Bertz CT molecular complexity index is 1070. The van der Waals surface area contributed by atoms with Gasteiger partial charge in [-0.3, -0.25) is 25.8 Å². The van der Waals surface area contributed by atoms with Gasteiger partial charge in [-0.15, -0.1) is 0 Å². The highest BCUT2D eigenvalue weighted by molar-refractivity contribution is 7.80. The highest BCUT2D eigenvalue weighted by Crippen LogP contribution is 2.28. The number of benzene rings is 2. The van der Waals surface area contributed by atoms with Crippen LogP contribution in [0.25, 0.3) is 11.3 Å². The molecule has 30 heavy (non-hydrogen) atoms. The molecule has 154 valence electrons. The first-order valence-corrected chi connectivity index (χ1v) is 9.72. The lowest BCUT2D eigenvalue weighted by Crippen LogP contribution is -2.49. The number of hydrogen-bond acceptors (Lipinski definition) is 5. The zero-order valence-corrected chi connectivity index (χ0v) is 17.6. The molecule has 0 aliphatic heterocycles. The summed E-state index contributed by atoms with van der Waals surface area (Å²) >= 11 is 16.9. The monoisotopic (exact) mass is 463 g/mol. The molecule has 1 aromatic heterocycles. The van der Waals surface area contributed by atoms with E-state index in [0.717, 1.165) is 0 Å². The van der Waals surface area contributed by atoms with Crippen LogP contribution in [-0.2, 0) is 4.79 Å². The summed E-state index contributed by atoms with van der Waals surface area (Å²) in [6.07, 6.45) is 0. The van der Waals surface area contributed by atoms with E-state index < -0.39 is 11.8 Å². The summed E-state index contributed by atoms with van der Waals surface area (Å²) in [5.74, 6) is -0.126. The van der Waals surface area contributed by atoms with Crippen molar-refractivity contribution < 1.29 is 18.7 Å². The number of carbonyl (C=O) groups excluding carboxylic acids is 2. The van der Waals surface area contributed by atoms with Gasteiger partial charge in [-0.1, -0.05) is 35.3 Å². The number of hydrazine groups is 1. The van der Waals surface area contributed by atoms with Gasteiger partial charge in [0.05, 0.1) is 5.02 Å². The molecule has 0 saturated carbocycles. The zero-order valence-electron chi connectivity index (χ0n) is 15.3. The van der Waals surface area contributed by atoms with E-state index >= 15 is 0 Å². The third kappa shape index (κ3) is 5.96. The third-order valence-electron chi connectivity index (χ3n) is 3.70. The van der Waals surface area contributed by atoms with Crippen LogP contribution in [0.3, 0.4) is 0 Å². The fourth-order valence-electron chi connectivity index (χ4n) is 2.30. The average molecular weight is 464 g/mol. The molecule has 1 heterocycles. The molecule has 10 heteroatoms. The maximum atomic E-state index is 12.3. The zero-order chi connectivity index (χ0) is 21.5. The summed E-state index contributed by atoms with van der Waals surface area (Å²) in [5, 5.41) is 3.34. The summed E-state index contributed by atoms with van der Waals surface area (Å²) in [7, 11) is 0. The predicted octanol–water partition coefficient (Wildman–Crippen LogP) is 3.97. The minimum Gasteiger partial charge on any atom is -0.484 e. The Labute approximate surface area is 187 Å². The van der Waals surface area contributed by atoms with Crippen LogP contribution >= 0.6 is 35.4 Å². The third-order valence-corrected chi connectivity index (χ3v) is 4.48. The second-order valence-electron chi connectivity index (χ2n) is 5.84. The maximum Gasteiger partial charge on any atom is 0.293 e. The second kappa shape index (κ2) is 10.1. The van der Waals surface area contributed by atoms with Gasteiger partial charge in [-0.25, -0.2) is 0 Å². The van der Waals surface area contributed by atoms with Crippen LogP contribution in [0.1, 0.15) is 10.6 Å². The van der Waals surface area contributed by atoms with Gasteiger partial charge in [0.15, 0.2) is 17.5 Å². The number of furan rings is 1. The van der Waals surface area contributed by atoms with E-state index in [1.165, 1.54) is 6.07 Å². The van der Waals surface area contributed by atoms with E-state index in [1.807, 2.05) is 6.07 Å². The van der Waals surface area contributed by atoms with Crippen molar-refractivity contribution in [3.05, 3.63) is 76.5 Å². The molecule has 3 rings (SSSR count). The molecule has 7 nitrogen and oxygen atoms in total. The lowest BCUT2D eigenvalue weighted by molar-refractivity contribution is -0.123. The van der Waals surface area contributed by atoms with Crippen molar-refractivity contribution in [2.75, 3.05) is 6.61 Å². The molecule has 2 aromatic carbocycles. The molecule has 0 radical (unpaired) electrons. The van der Waals surface area contributed by atoms with Crippen molar-refractivity contribution in [1.29, 1.82) is 0 Å². The average Bonchev–Trinajstić information content (AvgIpc) is 3.22. The van der Waals surface area contributed by atoms with Gasteiger partial charge in [0.1, 0.15) is 11.5 Å². The number of halogens is 2. The Morgan fingerprint density at radius 1 is 0.967 bits per heavy atom. The van der Waals surface area contributed by atoms with Gasteiger partial charge >= 0.3 is 0 Å².